The second kappa shape index (κ2) is 17.7. The number of rotatable bonds is 8. The van der Waals surface area contributed by atoms with E-state index in [0.29, 0.717) is 0 Å². The lowest BCUT2D eigenvalue weighted by Crippen LogP contribution is -2.08. The van der Waals surface area contributed by atoms with Gasteiger partial charge in [-0.3, -0.25) is 4.99 Å². The van der Waals surface area contributed by atoms with E-state index in [1.807, 2.05) is 31.3 Å². The van der Waals surface area contributed by atoms with E-state index in [9.17, 15) is 0 Å². The van der Waals surface area contributed by atoms with Crippen LogP contribution in [0.15, 0.2) is 119 Å². The number of benzene rings is 4. The molecule has 0 saturated heterocycles. The molecular formula is C50H54N2S. The Labute approximate surface area is 321 Å². The van der Waals surface area contributed by atoms with Crippen molar-refractivity contribution in [3.8, 4) is 5.69 Å². The summed E-state index contributed by atoms with van der Waals surface area (Å²) in [6, 6.07) is 26.4. The standard InChI is InChI=1S/C45H40N2S.C3H8.C2H6/c1-4-13-30(2)22-23-34(29-40(46-3)31-14-6-5-7-15-31)33-16-12-17-35(28-33)47-41-25-24-32-26-27-48-45(32)43(41)42-38-20-10-8-18-36(38)37-19-9-11-21-39(37)44(42)47;1-3-2;1-2/h5-7,10-17,20-21,23-29H,3-4,8-9,18-19,22H2,1-2H3;3H2,1-2H3;1-2H3/b30-13+,34-23+,40-29-;;. The summed E-state index contributed by atoms with van der Waals surface area (Å²) in [5.41, 5.74) is 15.3. The molecule has 0 bridgehead atoms. The molecule has 0 N–H and O–H groups in total. The Kier molecular flexibility index (Phi) is 12.6. The number of hydrogen-bond donors (Lipinski definition) is 0. The lowest BCUT2D eigenvalue weighted by atomic mass is 9.82. The first-order chi connectivity index (χ1) is 26.1. The van der Waals surface area contributed by atoms with E-state index in [2.05, 4.69) is 159 Å². The molecule has 0 fully saturated rings. The third-order valence-electron chi connectivity index (χ3n) is 9.95. The molecular weight excluding hydrogens is 661 g/mol. The SMILES string of the molecule is C=N/C(=C\C(=C/C/C(C)=C/CC)c1cccc(-n2c3ccc4ccsc4c3c3c4c(c5c(c32)C=CCC5)CCC=C4)c1)c1ccccc1.CC.CCC. The first kappa shape index (κ1) is 37.8. The van der Waals surface area contributed by atoms with Crippen LogP contribution in [-0.4, -0.2) is 11.3 Å². The van der Waals surface area contributed by atoms with Crippen LogP contribution in [0.25, 0.3) is 61.0 Å². The van der Waals surface area contributed by atoms with Crippen LogP contribution in [-0.2, 0) is 12.8 Å². The van der Waals surface area contributed by atoms with Crippen molar-refractivity contribution >= 4 is 73.4 Å². The van der Waals surface area contributed by atoms with Gasteiger partial charge in [-0.25, -0.2) is 0 Å². The highest BCUT2D eigenvalue weighted by Crippen LogP contribution is 2.47. The molecule has 4 aromatic carbocycles. The van der Waals surface area contributed by atoms with Crippen molar-refractivity contribution in [1.82, 2.24) is 4.57 Å². The summed E-state index contributed by atoms with van der Waals surface area (Å²) in [6.45, 7) is 16.6. The highest BCUT2D eigenvalue weighted by Gasteiger charge is 2.26. The van der Waals surface area contributed by atoms with Crippen LogP contribution in [0.1, 0.15) is 107 Å². The minimum atomic E-state index is 0.874. The Morgan fingerprint density at radius 1 is 0.811 bits per heavy atom. The average Bonchev–Trinajstić information content (AvgIpc) is 3.83. The number of fused-ring (bicyclic) bond motifs is 10. The van der Waals surface area contributed by atoms with Gasteiger partial charge in [-0.15, -0.1) is 11.3 Å². The lowest BCUT2D eigenvalue weighted by Gasteiger charge is -2.23. The molecule has 0 atom stereocenters. The Morgan fingerprint density at radius 3 is 2.23 bits per heavy atom. The first-order valence-corrected chi connectivity index (χ1v) is 20.5. The number of aromatic nitrogens is 1. The Hall–Kier alpha value is -4.99. The fourth-order valence-corrected chi connectivity index (χ4v) is 8.71. The van der Waals surface area contributed by atoms with Gasteiger partial charge in [0.15, 0.2) is 0 Å². The lowest BCUT2D eigenvalue weighted by molar-refractivity contribution is 0.909. The molecule has 0 radical (unpaired) electrons. The summed E-state index contributed by atoms with van der Waals surface area (Å²) in [5, 5.41) is 6.34. The molecule has 2 aromatic heterocycles. The molecule has 6 aromatic rings. The van der Waals surface area contributed by atoms with Crippen LogP contribution in [0.4, 0.5) is 0 Å². The minimum absolute atomic E-state index is 0.874. The quantitative estimate of drug-likeness (QED) is 0.0848. The Balaban J connectivity index is 0.000000916. The van der Waals surface area contributed by atoms with Crippen LogP contribution in [0.5, 0.6) is 0 Å². The molecule has 270 valence electrons. The van der Waals surface area contributed by atoms with E-state index in [1.165, 1.54) is 66.3 Å². The number of thiophene rings is 1. The third-order valence-corrected chi connectivity index (χ3v) is 10.9. The number of nitrogens with zero attached hydrogens (tertiary/aromatic N) is 2. The molecule has 0 saturated carbocycles. The van der Waals surface area contributed by atoms with Gasteiger partial charge in [0, 0.05) is 32.3 Å². The summed E-state index contributed by atoms with van der Waals surface area (Å²) in [6.07, 6.45) is 24.0. The van der Waals surface area contributed by atoms with E-state index in [1.54, 1.807) is 11.1 Å². The zero-order valence-corrected chi connectivity index (χ0v) is 33.3. The molecule has 2 heterocycles. The molecule has 0 unspecified atom stereocenters. The maximum atomic E-state index is 4.49. The normalized spacial score (nSPS) is 14.0. The van der Waals surface area contributed by atoms with Gasteiger partial charge in [0.2, 0.25) is 0 Å². The molecule has 8 rings (SSSR count). The van der Waals surface area contributed by atoms with Crippen molar-refractivity contribution in [3.63, 3.8) is 0 Å². The van der Waals surface area contributed by atoms with E-state index in [-0.39, 0.29) is 0 Å². The number of aliphatic imine (C=N–C) groups is 1. The highest BCUT2D eigenvalue weighted by molar-refractivity contribution is 7.18. The Morgan fingerprint density at radius 2 is 1.51 bits per heavy atom. The highest BCUT2D eigenvalue weighted by atomic mass is 32.1. The summed E-state index contributed by atoms with van der Waals surface area (Å²) in [7, 11) is 0. The van der Waals surface area contributed by atoms with Crippen molar-refractivity contribution in [1.29, 1.82) is 0 Å². The third kappa shape index (κ3) is 7.59. The van der Waals surface area contributed by atoms with Gasteiger partial charge in [-0.05, 0) is 121 Å². The van der Waals surface area contributed by atoms with Gasteiger partial charge >= 0.3 is 0 Å². The maximum absolute atomic E-state index is 4.49. The van der Waals surface area contributed by atoms with Crippen LogP contribution in [0, 0.1) is 0 Å². The second-order valence-corrected chi connectivity index (χ2v) is 14.6. The van der Waals surface area contributed by atoms with Gasteiger partial charge in [-0.2, -0.15) is 0 Å². The molecule has 53 heavy (non-hydrogen) atoms. The van der Waals surface area contributed by atoms with Crippen LogP contribution < -0.4 is 0 Å². The van der Waals surface area contributed by atoms with Crippen molar-refractivity contribution in [3.05, 3.63) is 148 Å². The van der Waals surface area contributed by atoms with Gasteiger partial charge in [0.05, 0.1) is 16.7 Å². The predicted molar refractivity (Wildman–Crippen MR) is 239 cm³/mol. The number of allylic oxidation sites excluding steroid dienone is 7. The van der Waals surface area contributed by atoms with Crippen LogP contribution in [0.3, 0.4) is 0 Å². The van der Waals surface area contributed by atoms with Gasteiger partial charge in [0.1, 0.15) is 0 Å². The second-order valence-electron chi connectivity index (χ2n) is 13.7. The first-order valence-electron chi connectivity index (χ1n) is 19.6. The van der Waals surface area contributed by atoms with Crippen molar-refractivity contribution < 1.29 is 0 Å². The van der Waals surface area contributed by atoms with Gasteiger partial charge in [0.25, 0.3) is 0 Å². The predicted octanol–water partition coefficient (Wildman–Crippen LogP) is 15.2. The summed E-state index contributed by atoms with van der Waals surface area (Å²) >= 11 is 1.86. The molecule has 2 aliphatic carbocycles. The van der Waals surface area contributed by atoms with Gasteiger partial charge in [-0.1, -0.05) is 132 Å². The average molecular weight is 715 g/mol. The topological polar surface area (TPSA) is 17.3 Å². The van der Waals surface area contributed by atoms with Gasteiger partial charge < -0.3 is 4.57 Å². The molecule has 2 aliphatic rings. The molecule has 0 amide bonds. The summed E-state index contributed by atoms with van der Waals surface area (Å²) in [4.78, 5) is 4.49. The largest absolute Gasteiger partial charge is 0.309 e. The summed E-state index contributed by atoms with van der Waals surface area (Å²) < 4.78 is 3.93. The fourth-order valence-electron chi connectivity index (χ4n) is 7.76. The Bertz CT molecular complexity index is 2390. The zero-order valence-electron chi connectivity index (χ0n) is 32.5. The minimum Gasteiger partial charge on any atom is -0.309 e. The van der Waals surface area contributed by atoms with Crippen molar-refractivity contribution in [2.45, 2.75) is 86.5 Å². The van der Waals surface area contributed by atoms with E-state index in [0.717, 1.165) is 55.4 Å². The van der Waals surface area contributed by atoms with E-state index < -0.39 is 0 Å². The van der Waals surface area contributed by atoms with Crippen LogP contribution in [0.2, 0.25) is 0 Å². The van der Waals surface area contributed by atoms with E-state index >= 15 is 0 Å². The molecule has 0 aliphatic heterocycles. The molecule has 0 spiro atoms. The number of hydrogen-bond acceptors (Lipinski definition) is 2. The molecule has 2 nitrogen and oxygen atoms in total. The smallest absolute Gasteiger partial charge is 0.0700 e. The summed E-state index contributed by atoms with van der Waals surface area (Å²) in [5.74, 6) is 0. The maximum Gasteiger partial charge on any atom is 0.0700 e. The van der Waals surface area contributed by atoms with Crippen molar-refractivity contribution in [2.75, 3.05) is 0 Å². The van der Waals surface area contributed by atoms with Crippen molar-refractivity contribution in [2.24, 2.45) is 4.99 Å². The molecule has 3 heteroatoms. The van der Waals surface area contributed by atoms with E-state index in [4.69, 9.17) is 0 Å². The zero-order chi connectivity index (χ0) is 37.3. The fraction of sp³-hybridized carbons (Fsp3) is 0.260. The monoisotopic (exact) mass is 714 g/mol. The van der Waals surface area contributed by atoms with Crippen LogP contribution >= 0.6 is 11.3 Å².